The Hall–Kier alpha value is -3.73. The molecule has 0 aliphatic rings. The molecule has 0 aromatic heterocycles. The molecule has 0 aliphatic carbocycles. The highest BCUT2D eigenvalue weighted by Crippen LogP contribution is 2.25. The minimum absolute atomic E-state index is 0.158. The molecule has 1 rings (SSSR count). The summed E-state index contributed by atoms with van der Waals surface area (Å²) < 4.78 is 27.3. The van der Waals surface area contributed by atoms with E-state index in [1.54, 1.807) is 31.4 Å². The molecule has 2 N–H and O–H groups in total. The molecule has 1 aromatic carbocycles. The first-order chi connectivity index (χ1) is 16.6. The molecule has 0 radical (unpaired) electrons. The van der Waals surface area contributed by atoms with Crippen LogP contribution in [-0.4, -0.2) is 11.8 Å². The largest absolute Gasteiger partial charge is 0.359 e. The predicted octanol–water partition coefficient (Wildman–Crippen LogP) is 8.02. The topological polar surface area (TPSA) is 36.4 Å². The molecular weight excluding hydrogens is 440 g/mol. The van der Waals surface area contributed by atoms with Crippen molar-refractivity contribution in [2.24, 2.45) is 4.99 Å². The van der Waals surface area contributed by atoms with Gasteiger partial charge in [0, 0.05) is 42.2 Å². The second kappa shape index (κ2) is 14.5. The van der Waals surface area contributed by atoms with Gasteiger partial charge in [-0.1, -0.05) is 81.8 Å². The second-order valence-electron chi connectivity index (χ2n) is 7.94. The summed E-state index contributed by atoms with van der Waals surface area (Å²) in [6.07, 6.45) is 13.0. The number of nitrogens with zero attached hydrogens (tertiary/aromatic N) is 1. The minimum atomic E-state index is -2.97. The van der Waals surface area contributed by atoms with Crippen molar-refractivity contribution in [3.63, 3.8) is 0 Å². The first-order valence-electron chi connectivity index (χ1n) is 11.5. The van der Waals surface area contributed by atoms with E-state index in [9.17, 15) is 8.78 Å². The Kier molecular flexibility index (Phi) is 12.2. The van der Waals surface area contributed by atoms with Gasteiger partial charge in [0.1, 0.15) is 5.84 Å². The Morgan fingerprint density at radius 1 is 1.03 bits per heavy atom. The number of nitrogens with one attached hydrogen (secondary N) is 2. The molecule has 5 heteroatoms. The first kappa shape index (κ1) is 29.3. The van der Waals surface area contributed by atoms with Crippen LogP contribution < -0.4 is 10.6 Å². The lowest BCUT2D eigenvalue weighted by Crippen LogP contribution is -2.18. The summed E-state index contributed by atoms with van der Waals surface area (Å²) in [5.74, 6) is -2.22. The fourth-order valence-electron chi connectivity index (χ4n) is 3.09. The molecule has 186 valence electrons. The van der Waals surface area contributed by atoms with Gasteiger partial charge in [-0.05, 0) is 49.1 Å². The van der Waals surface area contributed by atoms with Crippen LogP contribution in [0, 0.1) is 0 Å². The number of rotatable bonds is 13. The van der Waals surface area contributed by atoms with Crippen molar-refractivity contribution in [2.45, 2.75) is 46.5 Å². The third-order valence-corrected chi connectivity index (χ3v) is 4.96. The minimum Gasteiger partial charge on any atom is -0.359 e. The van der Waals surface area contributed by atoms with Crippen LogP contribution in [-0.2, 0) is 6.42 Å². The SMILES string of the molecule is C=C/C(=C\CC)N/C(C)=N/C=C(\C=C)c1ccc(CC(=C)NC(=C/C)/C=C(\C=C)C(C)(F)F)cc1. The molecule has 0 amide bonds. The Morgan fingerprint density at radius 2 is 1.69 bits per heavy atom. The standard InChI is InChI=1S/C30H37F2N3/c1-9-14-28(12-4)35-23(7)33-21-25(10-2)26-17-15-24(16-18-26)19-22(6)34-29(13-5)20-27(11-3)30(8,31)32/h10-18,20-21,34H,2-4,6,9,19H2,1,5,7-8H3,(H,33,35)/b25-21+,27-20+,28-14+,29-13+. The van der Waals surface area contributed by atoms with E-state index in [4.69, 9.17) is 0 Å². The van der Waals surface area contributed by atoms with Crippen LogP contribution in [0.2, 0.25) is 0 Å². The molecule has 0 heterocycles. The maximum absolute atomic E-state index is 13.7. The third-order valence-electron chi connectivity index (χ3n) is 4.96. The maximum Gasteiger partial charge on any atom is 0.270 e. The van der Waals surface area contributed by atoms with Crippen LogP contribution in [0.5, 0.6) is 0 Å². The van der Waals surface area contributed by atoms with Crippen LogP contribution in [0.15, 0.2) is 121 Å². The Labute approximate surface area is 209 Å². The van der Waals surface area contributed by atoms with Gasteiger partial charge < -0.3 is 10.6 Å². The summed E-state index contributed by atoms with van der Waals surface area (Å²) in [4.78, 5) is 4.49. The van der Waals surface area contributed by atoms with Crippen molar-refractivity contribution in [3.05, 3.63) is 127 Å². The predicted molar refractivity (Wildman–Crippen MR) is 148 cm³/mol. The fourth-order valence-corrected chi connectivity index (χ4v) is 3.09. The van der Waals surface area contributed by atoms with Gasteiger partial charge in [-0.25, -0.2) is 13.8 Å². The summed E-state index contributed by atoms with van der Waals surface area (Å²) in [6.45, 7) is 21.8. The van der Waals surface area contributed by atoms with E-state index in [1.807, 2.05) is 37.3 Å². The van der Waals surface area contributed by atoms with Crippen LogP contribution in [0.1, 0.15) is 45.2 Å². The highest BCUT2D eigenvalue weighted by molar-refractivity contribution is 5.84. The van der Waals surface area contributed by atoms with Crippen LogP contribution >= 0.6 is 0 Å². The van der Waals surface area contributed by atoms with Crippen LogP contribution in [0.3, 0.4) is 0 Å². The molecule has 0 fully saturated rings. The Balaban J connectivity index is 2.92. The van der Waals surface area contributed by atoms with Gasteiger partial charge in [-0.3, -0.25) is 0 Å². The van der Waals surface area contributed by atoms with E-state index in [0.717, 1.165) is 41.6 Å². The summed E-state index contributed by atoms with van der Waals surface area (Å²) >= 11 is 0. The highest BCUT2D eigenvalue weighted by atomic mass is 19.3. The summed E-state index contributed by atoms with van der Waals surface area (Å²) in [6, 6.07) is 7.97. The lowest BCUT2D eigenvalue weighted by Gasteiger charge is -2.15. The smallest absolute Gasteiger partial charge is 0.270 e. The zero-order valence-corrected chi connectivity index (χ0v) is 21.3. The molecular formula is C30H37F2N3. The number of hydrogen-bond donors (Lipinski definition) is 2. The van der Waals surface area contributed by atoms with E-state index in [2.05, 4.69) is 48.9 Å². The number of alkyl halides is 2. The lowest BCUT2D eigenvalue weighted by atomic mass is 10.0. The number of halogens is 2. The molecule has 0 spiro atoms. The molecule has 0 atom stereocenters. The molecule has 1 aromatic rings. The molecule has 0 saturated carbocycles. The van der Waals surface area contributed by atoms with Gasteiger partial charge in [-0.2, -0.15) is 0 Å². The van der Waals surface area contributed by atoms with Gasteiger partial charge >= 0.3 is 0 Å². The Morgan fingerprint density at radius 3 is 2.17 bits per heavy atom. The molecule has 0 unspecified atom stereocenters. The van der Waals surface area contributed by atoms with Gasteiger partial charge in [0.15, 0.2) is 0 Å². The van der Waals surface area contributed by atoms with E-state index >= 15 is 0 Å². The van der Waals surface area contributed by atoms with Crippen molar-refractivity contribution in [1.29, 1.82) is 0 Å². The average Bonchev–Trinajstić information content (AvgIpc) is 2.81. The third kappa shape index (κ3) is 10.4. The number of amidine groups is 1. The van der Waals surface area contributed by atoms with Gasteiger partial charge in [-0.15, -0.1) is 0 Å². The van der Waals surface area contributed by atoms with E-state index < -0.39 is 5.92 Å². The van der Waals surface area contributed by atoms with Gasteiger partial charge in [0.25, 0.3) is 5.92 Å². The highest BCUT2D eigenvalue weighted by Gasteiger charge is 2.25. The molecule has 0 bridgehead atoms. The monoisotopic (exact) mass is 477 g/mol. The summed E-state index contributed by atoms with van der Waals surface area (Å²) in [5, 5.41) is 6.32. The first-order valence-corrected chi connectivity index (χ1v) is 11.5. The quantitative estimate of drug-likeness (QED) is 0.171. The van der Waals surface area contributed by atoms with Crippen LogP contribution in [0.25, 0.3) is 5.57 Å². The lowest BCUT2D eigenvalue weighted by molar-refractivity contribution is 0.0674. The average molecular weight is 478 g/mol. The Bertz CT molecular complexity index is 1060. The number of benzene rings is 1. The maximum atomic E-state index is 13.7. The molecule has 0 aliphatic heterocycles. The number of hydrogen-bond acceptors (Lipinski definition) is 2. The summed E-state index contributed by atoms with van der Waals surface area (Å²) in [7, 11) is 0. The molecule has 35 heavy (non-hydrogen) atoms. The van der Waals surface area contributed by atoms with Crippen molar-refractivity contribution in [3.8, 4) is 0 Å². The number of allylic oxidation sites excluding steroid dienone is 9. The zero-order chi connectivity index (χ0) is 26.4. The number of aliphatic imine (C=N–C) groups is 1. The van der Waals surface area contributed by atoms with Gasteiger partial charge in [0.2, 0.25) is 0 Å². The van der Waals surface area contributed by atoms with E-state index in [0.29, 0.717) is 17.8 Å². The van der Waals surface area contributed by atoms with Crippen molar-refractivity contribution in [2.75, 3.05) is 0 Å². The normalized spacial score (nSPS) is 13.8. The second-order valence-corrected chi connectivity index (χ2v) is 7.94. The fraction of sp³-hybridized carbons (Fsp3) is 0.233. The van der Waals surface area contributed by atoms with E-state index in [1.165, 1.54) is 12.2 Å². The van der Waals surface area contributed by atoms with Crippen LogP contribution in [0.4, 0.5) is 8.78 Å². The zero-order valence-electron chi connectivity index (χ0n) is 21.3. The van der Waals surface area contributed by atoms with Crippen molar-refractivity contribution < 1.29 is 8.78 Å². The van der Waals surface area contributed by atoms with Crippen molar-refractivity contribution in [1.82, 2.24) is 10.6 Å². The van der Waals surface area contributed by atoms with E-state index in [-0.39, 0.29) is 5.57 Å². The summed E-state index contributed by atoms with van der Waals surface area (Å²) in [5.41, 5.74) is 4.87. The molecule has 0 saturated heterocycles. The molecule has 3 nitrogen and oxygen atoms in total. The van der Waals surface area contributed by atoms with Crippen molar-refractivity contribution >= 4 is 11.4 Å². The van der Waals surface area contributed by atoms with Gasteiger partial charge in [0.05, 0.1) is 0 Å².